The van der Waals surface area contributed by atoms with Gasteiger partial charge < -0.3 is 11.1 Å². The summed E-state index contributed by atoms with van der Waals surface area (Å²) < 4.78 is 22.3. The average molecular weight is 296 g/mol. The molecule has 1 amide bonds. The number of nitrogens with two attached hydrogens (primary N) is 1. The van der Waals surface area contributed by atoms with Crippen LogP contribution < -0.4 is 11.1 Å². The maximum atomic E-state index is 11.5. The average Bonchev–Trinajstić information content (AvgIpc) is 2.70. The molecule has 3 N–H and O–H groups in total. The van der Waals surface area contributed by atoms with Crippen LogP contribution in [-0.2, 0) is 19.4 Å². The molecule has 0 bridgehead atoms. The third-order valence-corrected chi connectivity index (χ3v) is 4.50. The van der Waals surface area contributed by atoms with E-state index in [2.05, 4.69) is 5.32 Å². The van der Waals surface area contributed by atoms with Crippen molar-refractivity contribution in [2.45, 2.75) is 52.1 Å². The summed E-state index contributed by atoms with van der Waals surface area (Å²) in [5.41, 5.74) is 5.53. The molecule has 0 saturated carbocycles. The molecule has 0 aromatic carbocycles. The minimum absolute atomic E-state index is 0. The number of hydrogen-bond acceptors (Lipinski definition) is 5. The highest BCUT2D eigenvalue weighted by atomic mass is 32.2. The number of sulfone groups is 1. The Balaban J connectivity index is -0.000000774. The first kappa shape index (κ1) is 18.0. The van der Waals surface area contributed by atoms with Crippen molar-refractivity contribution < 1.29 is 20.9 Å². The van der Waals surface area contributed by atoms with Crippen LogP contribution >= 0.6 is 0 Å². The largest absolute Gasteiger partial charge is 0.346 e. The van der Waals surface area contributed by atoms with Gasteiger partial charge >= 0.3 is 0 Å². The normalized spacial score (nSPS) is 22.0. The third kappa shape index (κ3) is 6.15. The Labute approximate surface area is 118 Å². The van der Waals surface area contributed by atoms with Gasteiger partial charge in [0.15, 0.2) is 9.84 Å². The van der Waals surface area contributed by atoms with Crippen LogP contribution in [0.4, 0.5) is 0 Å². The van der Waals surface area contributed by atoms with E-state index in [0.717, 1.165) is 6.42 Å². The molecule has 6 nitrogen and oxygen atoms in total. The molecular formula is C12H28N2O4S. The van der Waals surface area contributed by atoms with Crippen molar-refractivity contribution in [2.75, 3.05) is 11.5 Å². The Morgan fingerprint density at radius 3 is 2.42 bits per heavy atom. The van der Waals surface area contributed by atoms with Crippen molar-refractivity contribution in [3.63, 3.8) is 0 Å². The Kier molecular flexibility index (Phi) is 7.85. The Morgan fingerprint density at radius 2 is 2.00 bits per heavy atom. The van der Waals surface area contributed by atoms with E-state index in [1.54, 1.807) is 0 Å². The molecule has 0 aromatic heterocycles. The van der Waals surface area contributed by atoms with Gasteiger partial charge in [-0.05, 0) is 12.8 Å². The van der Waals surface area contributed by atoms with Crippen LogP contribution in [0.15, 0.2) is 0 Å². The minimum Gasteiger partial charge on any atom is -0.346 e. The van der Waals surface area contributed by atoms with Crippen LogP contribution in [0, 0.1) is 0 Å². The summed E-state index contributed by atoms with van der Waals surface area (Å²) >= 11 is 0. The summed E-state index contributed by atoms with van der Waals surface area (Å²) in [4.78, 5) is 23.0. The first-order valence-corrected chi connectivity index (χ1v) is 8.48. The molecule has 1 saturated heterocycles. The van der Waals surface area contributed by atoms with Gasteiger partial charge in [0.05, 0.1) is 17.5 Å². The van der Waals surface area contributed by atoms with Crippen molar-refractivity contribution in [1.29, 1.82) is 0 Å². The van der Waals surface area contributed by atoms with Crippen molar-refractivity contribution in [1.82, 2.24) is 5.32 Å². The summed E-state index contributed by atoms with van der Waals surface area (Å²) in [6, 6.07) is -1.25. The van der Waals surface area contributed by atoms with Gasteiger partial charge in [0.2, 0.25) is 5.78 Å². The molecule has 0 aliphatic carbocycles. The Hall–Kier alpha value is -0.950. The fraction of sp³-hybridized carbons (Fsp3) is 0.833. The number of nitrogens with one attached hydrogen (secondary N) is 1. The molecule has 1 fully saturated rings. The number of hydrogen-bond donors (Lipinski definition) is 2. The van der Waals surface area contributed by atoms with Gasteiger partial charge in [-0.25, -0.2) is 8.42 Å². The first-order valence-electron chi connectivity index (χ1n) is 6.66. The lowest BCUT2D eigenvalue weighted by Gasteiger charge is -2.12. The fourth-order valence-corrected chi connectivity index (χ4v) is 3.45. The second-order valence-corrected chi connectivity index (χ2v) is 6.56. The quantitative estimate of drug-likeness (QED) is 0.719. The Bertz CT molecular complexity index is 415. The fourth-order valence-electron chi connectivity index (χ4n) is 1.78. The van der Waals surface area contributed by atoms with Crippen LogP contribution in [-0.4, -0.2) is 43.7 Å². The standard InChI is InChI=1S/C10H18N2O4S.C2H6.2H2/c1-2-3-8(11)9(13)10(14)12-7-4-5-17(15,16)6-7;1-2;;/h7-8H,2-6,11H2,1H3,(H,12,14);1-2H3;2*1H. The van der Waals surface area contributed by atoms with E-state index >= 15 is 0 Å². The van der Waals surface area contributed by atoms with Crippen molar-refractivity contribution in [2.24, 2.45) is 5.73 Å². The molecule has 2 unspecified atom stereocenters. The van der Waals surface area contributed by atoms with Crippen LogP contribution in [0.2, 0.25) is 0 Å². The SMILES string of the molecule is CC.CCCC(N)C(=O)C(=O)NC1CCS(=O)(=O)C1.[HH].[HH]. The number of carbonyl (C=O) groups is 2. The zero-order chi connectivity index (χ0) is 15.1. The molecule has 1 aliphatic heterocycles. The molecule has 0 radical (unpaired) electrons. The van der Waals surface area contributed by atoms with Crippen LogP contribution in [0.3, 0.4) is 0 Å². The molecule has 1 aliphatic rings. The van der Waals surface area contributed by atoms with Gasteiger partial charge in [0.1, 0.15) is 0 Å². The van der Waals surface area contributed by atoms with Crippen LogP contribution in [0.1, 0.15) is 42.9 Å². The lowest BCUT2D eigenvalue weighted by molar-refractivity contribution is -0.139. The zero-order valence-electron chi connectivity index (χ0n) is 11.8. The van der Waals surface area contributed by atoms with Gasteiger partial charge in [-0.3, -0.25) is 9.59 Å². The molecule has 0 spiro atoms. The Morgan fingerprint density at radius 1 is 1.42 bits per heavy atom. The summed E-state index contributed by atoms with van der Waals surface area (Å²) in [6.07, 6.45) is 1.54. The van der Waals surface area contributed by atoms with Crippen molar-refractivity contribution in [3.8, 4) is 0 Å². The number of ketones is 1. The van der Waals surface area contributed by atoms with E-state index in [1.165, 1.54) is 0 Å². The number of rotatable bonds is 5. The molecule has 2 atom stereocenters. The highest BCUT2D eigenvalue weighted by Crippen LogP contribution is 2.11. The third-order valence-electron chi connectivity index (χ3n) is 2.73. The maximum absolute atomic E-state index is 11.5. The van der Waals surface area contributed by atoms with Gasteiger partial charge in [-0.2, -0.15) is 0 Å². The van der Waals surface area contributed by atoms with E-state index < -0.39 is 33.6 Å². The molecule has 1 heterocycles. The van der Waals surface area contributed by atoms with E-state index in [-0.39, 0.29) is 14.4 Å². The van der Waals surface area contributed by atoms with Gasteiger partial charge in [-0.1, -0.05) is 27.2 Å². The van der Waals surface area contributed by atoms with E-state index in [0.29, 0.717) is 12.8 Å². The first-order chi connectivity index (χ1) is 8.85. The van der Waals surface area contributed by atoms with E-state index in [4.69, 9.17) is 5.73 Å². The van der Waals surface area contributed by atoms with E-state index in [9.17, 15) is 18.0 Å². The molecule has 116 valence electrons. The predicted octanol–water partition coefficient (Wildman–Crippen LogP) is 0.504. The van der Waals surface area contributed by atoms with Crippen molar-refractivity contribution in [3.05, 3.63) is 0 Å². The smallest absolute Gasteiger partial charge is 0.289 e. The summed E-state index contributed by atoms with van der Waals surface area (Å²) in [5.74, 6) is -1.47. The highest BCUT2D eigenvalue weighted by Gasteiger charge is 2.31. The predicted molar refractivity (Wildman–Crippen MR) is 78.7 cm³/mol. The lowest BCUT2D eigenvalue weighted by atomic mass is 10.1. The molecule has 1 rings (SSSR count). The zero-order valence-corrected chi connectivity index (χ0v) is 12.6. The minimum atomic E-state index is -3.05. The van der Waals surface area contributed by atoms with Crippen LogP contribution in [0.5, 0.6) is 0 Å². The summed E-state index contributed by atoms with van der Waals surface area (Å²) in [7, 11) is -3.05. The van der Waals surface area contributed by atoms with Crippen molar-refractivity contribution >= 4 is 21.5 Å². The monoisotopic (exact) mass is 296 g/mol. The lowest BCUT2D eigenvalue weighted by Crippen LogP contribution is -2.46. The highest BCUT2D eigenvalue weighted by molar-refractivity contribution is 7.91. The molecule has 7 heteroatoms. The summed E-state index contributed by atoms with van der Waals surface area (Å²) in [6.45, 7) is 5.87. The van der Waals surface area contributed by atoms with Gasteiger partial charge in [-0.15, -0.1) is 0 Å². The number of amides is 1. The molecule has 0 aromatic rings. The number of carbonyl (C=O) groups excluding carboxylic acids is 2. The van der Waals surface area contributed by atoms with Gasteiger partial charge in [0, 0.05) is 8.90 Å². The topological polar surface area (TPSA) is 106 Å². The summed E-state index contributed by atoms with van der Waals surface area (Å²) in [5, 5.41) is 2.43. The van der Waals surface area contributed by atoms with Gasteiger partial charge in [0.25, 0.3) is 5.91 Å². The van der Waals surface area contributed by atoms with Crippen LogP contribution in [0.25, 0.3) is 0 Å². The maximum Gasteiger partial charge on any atom is 0.289 e. The molecular weight excluding hydrogens is 268 g/mol. The number of Topliss-reactive ketones (excluding diaryl/α,β-unsaturated/α-hetero) is 1. The second-order valence-electron chi connectivity index (χ2n) is 4.33. The molecule has 19 heavy (non-hydrogen) atoms. The second kappa shape index (κ2) is 8.27. The van der Waals surface area contributed by atoms with E-state index in [1.807, 2.05) is 20.8 Å².